The van der Waals surface area contributed by atoms with Crippen molar-refractivity contribution in [3.63, 3.8) is 0 Å². The van der Waals surface area contributed by atoms with Crippen molar-refractivity contribution in [2.45, 2.75) is 44.6 Å². The van der Waals surface area contributed by atoms with Gasteiger partial charge < -0.3 is 4.74 Å². The molecule has 3 rings (SSSR count). The van der Waals surface area contributed by atoms with Crippen LogP contribution in [-0.4, -0.2) is 11.8 Å². The molecule has 4 nitrogen and oxygen atoms in total. The number of hydrogen-bond acceptors (Lipinski definition) is 5. The summed E-state index contributed by atoms with van der Waals surface area (Å²) in [5.41, 5.74) is 1.24. The summed E-state index contributed by atoms with van der Waals surface area (Å²) >= 11 is 7.17. The summed E-state index contributed by atoms with van der Waals surface area (Å²) in [6.07, 6.45) is 3.78. The number of halogens is 1. The van der Waals surface area contributed by atoms with Gasteiger partial charge in [0.25, 0.3) is 0 Å². The Bertz CT molecular complexity index is 853. The number of Topliss-reactive ketones (excluding diaryl/α,β-unsaturated/α-hetero) is 1. The van der Waals surface area contributed by atoms with Crippen LogP contribution in [0.15, 0.2) is 36.4 Å². The SMILES string of the molecule is N#Cc1ccc([C@H]2OC(=O)C[C@@H]2C(=O)CCCCCc2ccc(Cl)cc2)s1. The molecule has 0 spiro atoms. The van der Waals surface area contributed by atoms with Gasteiger partial charge >= 0.3 is 5.97 Å². The van der Waals surface area contributed by atoms with Crippen LogP contribution < -0.4 is 0 Å². The summed E-state index contributed by atoms with van der Waals surface area (Å²) in [4.78, 5) is 25.7. The predicted molar refractivity (Wildman–Crippen MR) is 105 cm³/mol. The van der Waals surface area contributed by atoms with Crippen LogP contribution in [0.25, 0.3) is 0 Å². The van der Waals surface area contributed by atoms with Crippen molar-refractivity contribution in [1.82, 2.24) is 0 Å². The largest absolute Gasteiger partial charge is 0.456 e. The molecule has 0 radical (unpaired) electrons. The number of thiophene rings is 1. The third-order valence-electron chi connectivity index (χ3n) is 4.74. The van der Waals surface area contributed by atoms with E-state index in [0.717, 1.165) is 35.6 Å². The molecule has 1 fully saturated rings. The summed E-state index contributed by atoms with van der Waals surface area (Å²) < 4.78 is 5.36. The van der Waals surface area contributed by atoms with E-state index in [9.17, 15) is 9.59 Å². The van der Waals surface area contributed by atoms with Gasteiger partial charge in [0, 0.05) is 16.3 Å². The molecule has 2 heterocycles. The maximum Gasteiger partial charge on any atom is 0.307 e. The van der Waals surface area contributed by atoms with Crippen LogP contribution in [0.4, 0.5) is 0 Å². The van der Waals surface area contributed by atoms with E-state index < -0.39 is 12.0 Å². The number of unbranched alkanes of at least 4 members (excludes halogenated alkanes) is 2. The molecule has 0 N–H and O–H groups in total. The molecule has 2 atom stereocenters. The maximum atomic E-state index is 12.6. The molecular formula is C21H20ClNO3S. The van der Waals surface area contributed by atoms with Crippen LogP contribution >= 0.6 is 22.9 Å². The molecule has 0 bridgehead atoms. The topological polar surface area (TPSA) is 67.2 Å². The quantitative estimate of drug-likeness (QED) is 0.447. The third-order valence-corrected chi connectivity index (χ3v) is 6.05. The van der Waals surface area contributed by atoms with E-state index in [4.69, 9.17) is 21.6 Å². The van der Waals surface area contributed by atoms with Crippen LogP contribution in [0.3, 0.4) is 0 Å². The number of esters is 1. The number of nitrogens with zero attached hydrogens (tertiary/aromatic N) is 1. The predicted octanol–water partition coefficient (Wildman–Crippen LogP) is 5.25. The van der Waals surface area contributed by atoms with Crippen molar-refractivity contribution < 1.29 is 14.3 Å². The highest BCUT2D eigenvalue weighted by Gasteiger charge is 2.40. The van der Waals surface area contributed by atoms with E-state index in [0.29, 0.717) is 11.3 Å². The van der Waals surface area contributed by atoms with E-state index >= 15 is 0 Å². The first-order valence-corrected chi connectivity index (χ1v) is 10.2. The van der Waals surface area contributed by atoms with Crippen LogP contribution in [0, 0.1) is 17.2 Å². The molecule has 0 amide bonds. The van der Waals surface area contributed by atoms with E-state index in [2.05, 4.69) is 6.07 Å². The number of ketones is 1. The minimum atomic E-state index is -0.536. The lowest BCUT2D eigenvalue weighted by atomic mass is 9.91. The van der Waals surface area contributed by atoms with Crippen molar-refractivity contribution >= 4 is 34.7 Å². The van der Waals surface area contributed by atoms with Crippen LogP contribution in [0.1, 0.15) is 53.5 Å². The number of hydrogen-bond donors (Lipinski definition) is 0. The standard InChI is InChI=1S/C21H20ClNO3S/c22-15-8-6-14(7-9-15)4-2-1-3-5-18(24)17-12-20(25)26-21(17)19-11-10-16(13-23)27-19/h6-11,17,21H,1-5,12H2/t17-,21+/m1/s1. The summed E-state index contributed by atoms with van der Waals surface area (Å²) in [6, 6.07) is 13.4. The molecule has 6 heteroatoms. The summed E-state index contributed by atoms with van der Waals surface area (Å²) in [5.74, 6) is -0.698. The van der Waals surface area contributed by atoms with Gasteiger partial charge in [0.1, 0.15) is 22.8 Å². The summed E-state index contributed by atoms with van der Waals surface area (Å²) in [6.45, 7) is 0. The third kappa shape index (κ3) is 5.18. The maximum absolute atomic E-state index is 12.6. The van der Waals surface area contributed by atoms with E-state index in [1.54, 1.807) is 12.1 Å². The molecule has 0 aliphatic carbocycles. The fraction of sp³-hybridized carbons (Fsp3) is 0.381. The first kappa shape index (κ1) is 19.6. The van der Waals surface area contributed by atoms with Crippen molar-refractivity contribution in [3.8, 4) is 6.07 Å². The molecule has 0 saturated carbocycles. The minimum absolute atomic E-state index is 0.0734. The van der Waals surface area contributed by atoms with Crippen molar-refractivity contribution in [2.24, 2.45) is 5.92 Å². The fourth-order valence-corrected chi connectivity index (χ4v) is 4.33. The van der Waals surface area contributed by atoms with Gasteiger partial charge in [-0.25, -0.2) is 0 Å². The second kappa shape index (κ2) is 9.16. The Balaban J connectivity index is 1.47. The first-order chi connectivity index (χ1) is 13.1. The highest BCUT2D eigenvalue weighted by molar-refractivity contribution is 7.12. The average Bonchev–Trinajstić information content (AvgIpc) is 3.29. The number of carbonyl (C=O) groups excluding carboxylic acids is 2. The zero-order chi connectivity index (χ0) is 19.2. The molecule has 1 aromatic carbocycles. The van der Waals surface area contributed by atoms with Gasteiger partial charge in [0.15, 0.2) is 0 Å². The molecule has 2 aromatic rings. The molecule has 1 aliphatic rings. The van der Waals surface area contributed by atoms with E-state index in [1.807, 2.05) is 24.3 Å². The van der Waals surface area contributed by atoms with Gasteiger partial charge in [-0.3, -0.25) is 9.59 Å². The molecule has 27 heavy (non-hydrogen) atoms. The van der Waals surface area contributed by atoms with Gasteiger partial charge in [0.05, 0.1) is 12.3 Å². The molecule has 140 valence electrons. The lowest BCUT2D eigenvalue weighted by molar-refractivity contribution is -0.141. The monoisotopic (exact) mass is 401 g/mol. The lowest BCUT2D eigenvalue weighted by Gasteiger charge is -2.15. The molecule has 1 saturated heterocycles. The smallest absolute Gasteiger partial charge is 0.307 e. The number of rotatable bonds is 8. The summed E-state index contributed by atoms with van der Waals surface area (Å²) in [5, 5.41) is 9.70. The second-order valence-corrected chi connectivity index (χ2v) is 8.24. The zero-order valence-corrected chi connectivity index (χ0v) is 16.4. The van der Waals surface area contributed by atoms with Crippen LogP contribution in [0.5, 0.6) is 0 Å². The molecular weight excluding hydrogens is 382 g/mol. The van der Waals surface area contributed by atoms with E-state index in [1.165, 1.54) is 16.9 Å². The number of ether oxygens (including phenoxy) is 1. The Morgan fingerprint density at radius 2 is 1.96 bits per heavy atom. The van der Waals surface area contributed by atoms with Gasteiger partial charge in [-0.2, -0.15) is 5.26 Å². The molecule has 0 unspecified atom stereocenters. The van der Waals surface area contributed by atoms with Crippen molar-refractivity contribution in [3.05, 3.63) is 56.7 Å². The van der Waals surface area contributed by atoms with Gasteiger partial charge in [-0.15, -0.1) is 11.3 Å². The van der Waals surface area contributed by atoms with Crippen molar-refractivity contribution in [1.29, 1.82) is 5.26 Å². The van der Waals surface area contributed by atoms with Crippen LogP contribution in [-0.2, 0) is 20.7 Å². The Hall–Kier alpha value is -2.16. The highest BCUT2D eigenvalue weighted by Crippen LogP contribution is 2.39. The minimum Gasteiger partial charge on any atom is -0.456 e. The van der Waals surface area contributed by atoms with Gasteiger partial charge in [-0.05, 0) is 49.1 Å². The molecule has 1 aliphatic heterocycles. The first-order valence-electron chi connectivity index (χ1n) is 9.03. The Labute approximate surface area is 167 Å². The fourth-order valence-electron chi connectivity index (χ4n) is 3.30. The summed E-state index contributed by atoms with van der Waals surface area (Å²) in [7, 11) is 0. The normalized spacial score (nSPS) is 18.9. The zero-order valence-electron chi connectivity index (χ0n) is 14.8. The molecule has 1 aromatic heterocycles. The second-order valence-electron chi connectivity index (χ2n) is 6.69. The van der Waals surface area contributed by atoms with Crippen LogP contribution in [0.2, 0.25) is 5.02 Å². The van der Waals surface area contributed by atoms with Gasteiger partial charge in [-0.1, -0.05) is 30.2 Å². The van der Waals surface area contributed by atoms with Gasteiger partial charge in [0.2, 0.25) is 0 Å². The van der Waals surface area contributed by atoms with Crippen molar-refractivity contribution in [2.75, 3.05) is 0 Å². The highest BCUT2D eigenvalue weighted by atomic mass is 35.5. The number of cyclic esters (lactones) is 1. The number of benzene rings is 1. The number of nitriles is 1. The average molecular weight is 402 g/mol. The lowest BCUT2D eigenvalue weighted by Crippen LogP contribution is -2.17. The Morgan fingerprint density at radius 3 is 2.67 bits per heavy atom. The number of aryl methyl sites for hydroxylation is 1. The Morgan fingerprint density at radius 1 is 1.19 bits per heavy atom. The number of carbonyl (C=O) groups is 2. The van der Waals surface area contributed by atoms with E-state index in [-0.39, 0.29) is 18.2 Å². The Kier molecular flexibility index (Phi) is 6.65.